The van der Waals surface area contributed by atoms with Gasteiger partial charge < -0.3 is 5.11 Å². The molecule has 0 saturated carbocycles. The summed E-state index contributed by atoms with van der Waals surface area (Å²) in [6.45, 7) is 0. The molecule has 0 bridgehead atoms. The fourth-order valence-corrected chi connectivity index (χ4v) is 3.71. The van der Waals surface area contributed by atoms with Crippen LogP contribution in [-0.2, 0) is 0 Å². The molecule has 0 aromatic heterocycles. The minimum atomic E-state index is -1.38. The Kier molecular flexibility index (Phi) is 3.38. The average Bonchev–Trinajstić information content (AvgIpc) is 2.54. The molecule has 0 radical (unpaired) electrons. The SMILES string of the molecule is NC1(O)CC=c2ccc(Br)cc2=C1c1cccc2ccccc12. The van der Waals surface area contributed by atoms with Crippen LogP contribution < -0.4 is 16.2 Å². The highest BCUT2D eigenvalue weighted by atomic mass is 79.9. The largest absolute Gasteiger partial charge is 0.371 e. The van der Waals surface area contributed by atoms with Crippen LogP contribution in [-0.4, -0.2) is 10.8 Å². The Morgan fingerprint density at radius 1 is 1.00 bits per heavy atom. The number of fused-ring (bicyclic) bond motifs is 2. The Hall–Kier alpha value is -1.94. The zero-order valence-corrected chi connectivity index (χ0v) is 14.0. The van der Waals surface area contributed by atoms with Crippen molar-refractivity contribution in [3.63, 3.8) is 0 Å². The summed E-state index contributed by atoms with van der Waals surface area (Å²) in [6, 6.07) is 20.4. The number of aliphatic hydroxyl groups is 1. The van der Waals surface area contributed by atoms with Gasteiger partial charge in [0.05, 0.1) is 0 Å². The molecule has 114 valence electrons. The molecule has 0 spiro atoms. The Bertz CT molecular complexity index is 1030. The Morgan fingerprint density at radius 3 is 2.65 bits per heavy atom. The van der Waals surface area contributed by atoms with Gasteiger partial charge in [-0.05, 0) is 38.9 Å². The molecule has 0 fully saturated rings. The minimum absolute atomic E-state index is 0.403. The van der Waals surface area contributed by atoms with Gasteiger partial charge >= 0.3 is 0 Å². The quantitative estimate of drug-likeness (QED) is 0.651. The third kappa shape index (κ3) is 2.41. The van der Waals surface area contributed by atoms with Crippen LogP contribution in [0.3, 0.4) is 0 Å². The first-order valence-corrected chi connectivity index (χ1v) is 8.35. The lowest BCUT2D eigenvalue weighted by molar-refractivity contribution is 0.115. The highest BCUT2D eigenvalue weighted by molar-refractivity contribution is 9.10. The summed E-state index contributed by atoms with van der Waals surface area (Å²) < 4.78 is 0.972. The van der Waals surface area contributed by atoms with Gasteiger partial charge in [-0.1, -0.05) is 70.5 Å². The highest BCUT2D eigenvalue weighted by Crippen LogP contribution is 2.31. The van der Waals surface area contributed by atoms with Crippen molar-refractivity contribution in [3.05, 3.63) is 81.1 Å². The number of benzene rings is 3. The van der Waals surface area contributed by atoms with Gasteiger partial charge in [0.25, 0.3) is 0 Å². The number of rotatable bonds is 1. The molecular weight excluding hydrogens is 350 g/mol. The molecule has 1 aliphatic carbocycles. The van der Waals surface area contributed by atoms with Gasteiger partial charge in [0.15, 0.2) is 0 Å². The van der Waals surface area contributed by atoms with E-state index in [-0.39, 0.29) is 0 Å². The average molecular weight is 366 g/mol. The topological polar surface area (TPSA) is 46.2 Å². The molecule has 3 aromatic rings. The van der Waals surface area contributed by atoms with Crippen molar-refractivity contribution in [2.75, 3.05) is 0 Å². The standard InChI is InChI=1S/C20H16BrNO/c21-15-9-8-14-10-11-20(22,23)19(18(14)12-15)17-7-3-5-13-4-1-2-6-16(13)17/h1-10,12,23H,11,22H2. The van der Waals surface area contributed by atoms with Crippen LogP contribution in [0.4, 0.5) is 0 Å². The van der Waals surface area contributed by atoms with E-state index in [9.17, 15) is 5.11 Å². The molecule has 3 aromatic carbocycles. The maximum absolute atomic E-state index is 10.9. The van der Waals surface area contributed by atoms with E-state index < -0.39 is 5.72 Å². The van der Waals surface area contributed by atoms with Crippen molar-refractivity contribution < 1.29 is 5.11 Å². The lowest BCUT2D eigenvalue weighted by Gasteiger charge is -2.29. The Morgan fingerprint density at radius 2 is 1.78 bits per heavy atom. The van der Waals surface area contributed by atoms with Gasteiger partial charge in [-0.3, -0.25) is 5.73 Å². The first-order chi connectivity index (χ1) is 11.1. The zero-order valence-electron chi connectivity index (χ0n) is 12.5. The Labute approximate surface area is 142 Å². The summed E-state index contributed by atoms with van der Waals surface area (Å²) in [5.41, 5.74) is 6.68. The molecule has 1 unspecified atom stereocenters. The first kappa shape index (κ1) is 14.6. The van der Waals surface area contributed by atoms with Crippen molar-refractivity contribution in [1.29, 1.82) is 0 Å². The van der Waals surface area contributed by atoms with Gasteiger partial charge in [-0.15, -0.1) is 0 Å². The van der Waals surface area contributed by atoms with Crippen LogP contribution in [0.2, 0.25) is 0 Å². The van der Waals surface area contributed by atoms with Gasteiger partial charge in [0.1, 0.15) is 5.72 Å². The van der Waals surface area contributed by atoms with Crippen LogP contribution in [0.1, 0.15) is 12.0 Å². The van der Waals surface area contributed by atoms with Crippen LogP contribution in [0.25, 0.3) is 22.4 Å². The normalized spacial score (nSPS) is 20.2. The molecule has 1 aliphatic rings. The molecule has 23 heavy (non-hydrogen) atoms. The van der Waals surface area contributed by atoms with Gasteiger partial charge in [0, 0.05) is 16.5 Å². The summed E-state index contributed by atoms with van der Waals surface area (Å²) in [5, 5.41) is 15.2. The number of hydrogen-bond acceptors (Lipinski definition) is 2. The van der Waals surface area contributed by atoms with Gasteiger partial charge in [-0.25, -0.2) is 0 Å². The number of nitrogens with two attached hydrogens (primary N) is 1. The van der Waals surface area contributed by atoms with Gasteiger partial charge in [-0.2, -0.15) is 0 Å². The van der Waals surface area contributed by atoms with E-state index in [1.807, 2.05) is 42.5 Å². The zero-order chi connectivity index (χ0) is 16.0. The van der Waals surface area contributed by atoms with Crippen LogP contribution in [0, 0.1) is 0 Å². The van der Waals surface area contributed by atoms with Crippen molar-refractivity contribution in [1.82, 2.24) is 0 Å². The van der Waals surface area contributed by atoms with Crippen LogP contribution >= 0.6 is 15.9 Å². The van der Waals surface area contributed by atoms with Crippen molar-refractivity contribution in [2.24, 2.45) is 5.73 Å². The maximum Gasteiger partial charge on any atom is 0.144 e. The monoisotopic (exact) mass is 365 g/mol. The fraction of sp³-hybridized carbons (Fsp3) is 0.100. The summed E-state index contributed by atoms with van der Waals surface area (Å²) >= 11 is 3.53. The van der Waals surface area contributed by atoms with E-state index in [1.165, 1.54) is 0 Å². The van der Waals surface area contributed by atoms with Crippen LogP contribution in [0.5, 0.6) is 0 Å². The van der Waals surface area contributed by atoms with E-state index in [4.69, 9.17) is 5.73 Å². The molecule has 0 saturated heterocycles. The second-order valence-electron chi connectivity index (χ2n) is 5.97. The molecule has 3 heteroatoms. The van der Waals surface area contributed by atoms with E-state index in [1.54, 1.807) is 0 Å². The van der Waals surface area contributed by atoms with Crippen molar-refractivity contribution in [2.45, 2.75) is 12.1 Å². The highest BCUT2D eigenvalue weighted by Gasteiger charge is 2.30. The summed E-state index contributed by atoms with van der Waals surface area (Å²) in [4.78, 5) is 0. The second-order valence-corrected chi connectivity index (χ2v) is 6.88. The van der Waals surface area contributed by atoms with E-state index in [0.29, 0.717) is 6.42 Å². The van der Waals surface area contributed by atoms with Crippen molar-refractivity contribution >= 4 is 38.4 Å². The molecule has 4 rings (SSSR count). The first-order valence-electron chi connectivity index (χ1n) is 7.56. The molecule has 0 heterocycles. The molecule has 0 amide bonds. The van der Waals surface area contributed by atoms with Gasteiger partial charge in [0.2, 0.25) is 0 Å². The van der Waals surface area contributed by atoms with Crippen molar-refractivity contribution in [3.8, 4) is 0 Å². The molecule has 0 aliphatic heterocycles. The van der Waals surface area contributed by atoms with Crippen LogP contribution in [0.15, 0.2) is 65.1 Å². The maximum atomic E-state index is 10.9. The van der Waals surface area contributed by atoms with E-state index >= 15 is 0 Å². The lowest BCUT2D eigenvalue weighted by atomic mass is 9.85. The smallest absolute Gasteiger partial charge is 0.144 e. The fourth-order valence-electron chi connectivity index (χ4n) is 3.35. The molecule has 2 nitrogen and oxygen atoms in total. The predicted molar refractivity (Wildman–Crippen MR) is 98.1 cm³/mol. The molecule has 1 atom stereocenters. The molecule has 3 N–H and O–H groups in total. The molecular formula is C20H16BrNO. The number of hydrogen-bond donors (Lipinski definition) is 2. The lowest BCUT2D eigenvalue weighted by Crippen LogP contribution is -2.49. The second kappa shape index (κ2) is 5.31. The Balaban J connectivity index is 2.20. The summed E-state index contributed by atoms with van der Waals surface area (Å²) in [5.74, 6) is 0. The van der Waals surface area contributed by atoms with E-state index in [2.05, 4.69) is 40.2 Å². The minimum Gasteiger partial charge on any atom is -0.371 e. The summed E-state index contributed by atoms with van der Waals surface area (Å²) in [6.07, 6.45) is 2.40. The predicted octanol–water partition coefficient (Wildman–Crippen LogP) is 2.63. The van der Waals surface area contributed by atoms with E-state index in [0.717, 1.165) is 36.8 Å². The third-order valence-corrected chi connectivity index (χ3v) is 4.90. The third-order valence-electron chi connectivity index (χ3n) is 4.41. The summed E-state index contributed by atoms with van der Waals surface area (Å²) in [7, 11) is 0. The number of halogens is 1.